The molecule has 2 saturated heterocycles. The van der Waals surface area contributed by atoms with Gasteiger partial charge in [0, 0.05) is 5.75 Å². The second-order valence-electron chi connectivity index (χ2n) is 4.42. The highest BCUT2D eigenvalue weighted by molar-refractivity contribution is 8.00. The summed E-state index contributed by atoms with van der Waals surface area (Å²) < 4.78 is 0. The SMILES string of the molecule is CCC1SCC(C(=O)O)N1C(=O)CN1CSCC1=O. The Labute approximate surface area is 119 Å². The topological polar surface area (TPSA) is 77.9 Å². The van der Waals surface area contributed by atoms with E-state index in [0.717, 1.165) is 0 Å². The number of carboxylic acid groups (broad SMARTS) is 1. The van der Waals surface area contributed by atoms with Gasteiger partial charge in [-0.05, 0) is 6.42 Å². The van der Waals surface area contributed by atoms with E-state index < -0.39 is 12.0 Å². The van der Waals surface area contributed by atoms with Gasteiger partial charge >= 0.3 is 5.97 Å². The summed E-state index contributed by atoms with van der Waals surface area (Å²) in [4.78, 5) is 37.9. The van der Waals surface area contributed by atoms with Gasteiger partial charge in [0.2, 0.25) is 11.8 Å². The Hall–Kier alpha value is -0.890. The Balaban J connectivity index is 2.05. The van der Waals surface area contributed by atoms with Crippen LogP contribution in [0.3, 0.4) is 0 Å². The van der Waals surface area contributed by atoms with E-state index in [9.17, 15) is 14.4 Å². The van der Waals surface area contributed by atoms with Crippen LogP contribution in [-0.2, 0) is 14.4 Å². The Morgan fingerprint density at radius 1 is 1.47 bits per heavy atom. The molecule has 0 saturated carbocycles. The lowest BCUT2D eigenvalue weighted by molar-refractivity contribution is -0.150. The van der Waals surface area contributed by atoms with E-state index in [4.69, 9.17) is 5.11 Å². The number of thioether (sulfide) groups is 2. The predicted octanol–water partition coefficient (Wildman–Crippen LogP) is 0.284. The zero-order chi connectivity index (χ0) is 14.0. The Kier molecular flexibility index (Phi) is 4.62. The van der Waals surface area contributed by atoms with Gasteiger partial charge in [0.25, 0.3) is 0 Å². The second kappa shape index (κ2) is 6.04. The summed E-state index contributed by atoms with van der Waals surface area (Å²) in [5, 5.41) is 9.07. The molecule has 19 heavy (non-hydrogen) atoms. The minimum atomic E-state index is -0.973. The van der Waals surface area contributed by atoms with Crippen molar-refractivity contribution in [2.24, 2.45) is 0 Å². The molecular weight excluding hydrogens is 288 g/mol. The molecule has 2 atom stereocenters. The fourth-order valence-corrected chi connectivity index (χ4v) is 4.46. The number of rotatable bonds is 4. The fraction of sp³-hybridized carbons (Fsp3) is 0.727. The molecule has 2 unspecified atom stereocenters. The monoisotopic (exact) mass is 304 g/mol. The molecular formula is C11H16N2O4S2. The third-order valence-corrected chi connectivity index (χ3v) is 5.57. The van der Waals surface area contributed by atoms with Gasteiger partial charge in [0.05, 0.1) is 17.0 Å². The van der Waals surface area contributed by atoms with Crippen LogP contribution in [0, 0.1) is 0 Å². The first-order chi connectivity index (χ1) is 9.04. The summed E-state index contributed by atoms with van der Waals surface area (Å²) in [6.45, 7) is 1.92. The summed E-state index contributed by atoms with van der Waals surface area (Å²) in [7, 11) is 0. The summed E-state index contributed by atoms with van der Waals surface area (Å²) in [5.41, 5.74) is 0. The number of hydrogen-bond donors (Lipinski definition) is 1. The van der Waals surface area contributed by atoms with Gasteiger partial charge in [-0.25, -0.2) is 4.79 Å². The average Bonchev–Trinajstić information content (AvgIpc) is 2.95. The first-order valence-corrected chi connectivity index (χ1v) is 8.26. The van der Waals surface area contributed by atoms with Crippen molar-refractivity contribution in [2.45, 2.75) is 24.8 Å². The van der Waals surface area contributed by atoms with E-state index >= 15 is 0 Å². The van der Waals surface area contributed by atoms with Crippen molar-refractivity contribution in [3.63, 3.8) is 0 Å². The number of nitrogens with zero attached hydrogens (tertiary/aromatic N) is 2. The molecule has 0 radical (unpaired) electrons. The molecule has 0 aromatic rings. The summed E-state index contributed by atoms with van der Waals surface area (Å²) in [6.07, 6.45) is 0.711. The van der Waals surface area contributed by atoms with Gasteiger partial charge in [0.1, 0.15) is 12.6 Å². The number of carbonyl (C=O) groups excluding carboxylic acids is 2. The van der Waals surface area contributed by atoms with E-state index in [0.29, 0.717) is 23.8 Å². The molecule has 2 aliphatic rings. The lowest BCUT2D eigenvalue weighted by Gasteiger charge is -2.28. The van der Waals surface area contributed by atoms with Crippen molar-refractivity contribution in [3.8, 4) is 0 Å². The third-order valence-electron chi connectivity index (χ3n) is 3.17. The maximum Gasteiger partial charge on any atom is 0.327 e. The highest BCUT2D eigenvalue weighted by Gasteiger charge is 2.41. The zero-order valence-corrected chi connectivity index (χ0v) is 12.2. The van der Waals surface area contributed by atoms with Crippen molar-refractivity contribution < 1.29 is 19.5 Å². The van der Waals surface area contributed by atoms with Crippen LogP contribution < -0.4 is 0 Å². The van der Waals surface area contributed by atoms with E-state index in [1.54, 1.807) is 0 Å². The lowest BCUT2D eigenvalue weighted by atomic mass is 10.2. The Morgan fingerprint density at radius 3 is 2.74 bits per heavy atom. The molecule has 0 aromatic carbocycles. The van der Waals surface area contributed by atoms with Crippen molar-refractivity contribution in [3.05, 3.63) is 0 Å². The Bertz CT molecular complexity index is 404. The highest BCUT2D eigenvalue weighted by atomic mass is 32.2. The lowest BCUT2D eigenvalue weighted by Crippen LogP contribution is -2.49. The van der Waals surface area contributed by atoms with Crippen molar-refractivity contribution in [2.75, 3.05) is 23.9 Å². The fourth-order valence-electron chi connectivity index (χ4n) is 2.19. The minimum absolute atomic E-state index is 0.00727. The highest BCUT2D eigenvalue weighted by Crippen LogP contribution is 2.31. The van der Waals surface area contributed by atoms with Crippen LogP contribution in [0.15, 0.2) is 0 Å². The molecule has 2 amide bonds. The number of carbonyl (C=O) groups is 3. The van der Waals surface area contributed by atoms with Crippen molar-refractivity contribution >= 4 is 41.3 Å². The molecule has 0 aromatic heterocycles. The molecule has 2 aliphatic heterocycles. The van der Waals surface area contributed by atoms with Crippen LogP contribution in [0.4, 0.5) is 0 Å². The number of carboxylic acids is 1. The normalized spacial score (nSPS) is 27.1. The van der Waals surface area contributed by atoms with Gasteiger partial charge in [-0.2, -0.15) is 0 Å². The van der Waals surface area contributed by atoms with Crippen molar-refractivity contribution in [1.29, 1.82) is 0 Å². The molecule has 2 heterocycles. The molecule has 2 fully saturated rings. The summed E-state index contributed by atoms with van der Waals surface area (Å²) in [6, 6.07) is -0.771. The molecule has 106 valence electrons. The van der Waals surface area contributed by atoms with Crippen LogP contribution in [-0.4, -0.2) is 68.0 Å². The summed E-state index contributed by atoms with van der Waals surface area (Å²) >= 11 is 2.96. The first kappa shape index (κ1) is 14.5. The molecule has 6 nitrogen and oxygen atoms in total. The number of hydrogen-bond acceptors (Lipinski definition) is 5. The molecule has 1 N–H and O–H groups in total. The van der Waals surface area contributed by atoms with Crippen LogP contribution in [0.2, 0.25) is 0 Å². The second-order valence-corrected chi connectivity index (χ2v) is 6.59. The Morgan fingerprint density at radius 2 is 2.21 bits per heavy atom. The predicted molar refractivity (Wildman–Crippen MR) is 73.8 cm³/mol. The smallest absolute Gasteiger partial charge is 0.327 e. The standard InChI is InChI=1S/C11H16N2O4S2/c1-2-10-13(7(4-19-10)11(16)17)8(14)3-12-6-18-5-9(12)15/h7,10H,2-6H2,1H3,(H,16,17). The summed E-state index contributed by atoms with van der Waals surface area (Å²) in [5.74, 6) is 0.0494. The van der Waals surface area contributed by atoms with Gasteiger partial charge in [-0.1, -0.05) is 6.92 Å². The van der Waals surface area contributed by atoms with E-state index in [1.807, 2.05) is 6.92 Å². The van der Waals surface area contributed by atoms with Gasteiger partial charge in [0.15, 0.2) is 0 Å². The quantitative estimate of drug-likeness (QED) is 0.804. The van der Waals surface area contributed by atoms with E-state index in [-0.39, 0.29) is 23.7 Å². The van der Waals surface area contributed by atoms with E-state index in [1.165, 1.54) is 33.3 Å². The van der Waals surface area contributed by atoms with Crippen LogP contribution in [0.5, 0.6) is 0 Å². The number of amides is 2. The van der Waals surface area contributed by atoms with Crippen LogP contribution in [0.25, 0.3) is 0 Å². The van der Waals surface area contributed by atoms with Gasteiger partial charge in [-0.15, -0.1) is 23.5 Å². The maximum atomic E-state index is 12.3. The molecule has 2 rings (SSSR count). The molecule has 0 bridgehead atoms. The number of aliphatic carboxylic acids is 1. The third kappa shape index (κ3) is 3.00. The zero-order valence-electron chi connectivity index (χ0n) is 10.6. The largest absolute Gasteiger partial charge is 0.480 e. The molecule has 0 spiro atoms. The average molecular weight is 304 g/mol. The molecule has 8 heteroatoms. The van der Waals surface area contributed by atoms with Gasteiger partial charge in [-0.3, -0.25) is 9.59 Å². The maximum absolute atomic E-state index is 12.3. The van der Waals surface area contributed by atoms with Gasteiger partial charge < -0.3 is 14.9 Å². The minimum Gasteiger partial charge on any atom is -0.480 e. The molecule has 0 aliphatic carbocycles. The van der Waals surface area contributed by atoms with Crippen LogP contribution >= 0.6 is 23.5 Å². The van der Waals surface area contributed by atoms with Crippen molar-refractivity contribution in [1.82, 2.24) is 9.80 Å². The van der Waals surface area contributed by atoms with E-state index in [2.05, 4.69) is 0 Å². The first-order valence-electron chi connectivity index (χ1n) is 6.05. The van der Waals surface area contributed by atoms with Crippen LogP contribution in [0.1, 0.15) is 13.3 Å².